The van der Waals surface area contributed by atoms with Crippen molar-refractivity contribution >= 4 is 0 Å². The molecule has 1 heterocycles. The van der Waals surface area contributed by atoms with Gasteiger partial charge in [-0.3, -0.25) is 4.90 Å². The minimum absolute atomic E-state index is 0.218. The molecule has 82 valence electrons. The van der Waals surface area contributed by atoms with E-state index >= 15 is 0 Å². The van der Waals surface area contributed by atoms with Gasteiger partial charge in [0.05, 0.1) is 0 Å². The van der Waals surface area contributed by atoms with E-state index in [0.717, 1.165) is 25.1 Å². The van der Waals surface area contributed by atoms with Crippen LogP contribution in [0, 0.1) is 11.6 Å². The monoisotopic (exact) mass is 212 g/mol. The Hall–Kier alpha value is -1.00. The van der Waals surface area contributed by atoms with E-state index in [-0.39, 0.29) is 6.04 Å². The zero-order valence-electron chi connectivity index (χ0n) is 8.42. The summed E-state index contributed by atoms with van der Waals surface area (Å²) in [6, 6.07) is 4.25. The molecule has 1 fully saturated rings. The molecule has 0 amide bonds. The Morgan fingerprint density at radius 1 is 1.33 bits per heavy atom. The van der Waals surface area contributed by atoms with Gasteiger partial charge in [-0.2, -0.15) is 0 Å². The molecule has 2 nitrogen and oxygen atoms in total. The van der Waals surface area contributed by atoms with E-state index in [4.69, 9.17) is 5.73 Å². The minimum atomic E-state index is -0.795. The van der Waals surface area contributed by atoms with Gasteiger partial charge in [0.1, 0.15) is 0 Å². The molecule has 1 atom stereocenters. The van der Waals surface area contributed by atoms with Gasteiger partial charge in [0, 0.05) is 25.7 Å². The SMILES string of the molecule is N[C@@H]1CCN(Cc2ccc(F)c(F)c2)C1. The molecule has 0 aliphatic carbocycles. The summed E-state index contributed by atoms with van der Waals surface area (Å²) in [6.45, 7) is 2.41. The van der Waals surface area contributed by atoms with Crippen LogP contribution < -0.4 is 5.73 Å². The highest BCUT2D eigenvalue weighted by Crippen LogP contribution is 2.14. The number of rotatable bonds is 2. The number of likely N-dealkylation sites (tertiary alicyclic amines) is 1. The molecule has 0 spiro atoms. The van der Waals surface area contributed by atoms with Crippen molar-refractivity contribution in [3.05, 3.63) is 35.4 Å². The second-order valence-corrected chi connectivity index (χ2v) is 4.03. The van der Waals surface area contributed by atoms with E-state index in [1.165, 1.54) is 12.1 Å². The zero-order chi connectivity index (χ0) is 10.8. The quantitative estimate of drug-likeness (QED) is 0.805. The van der Waals surface area contributed by atoms with E-state index in [2.05, 4.69) is 4.90 Å². The first-order valence-corrected chi connectivity index (χ1v) is 5.07. The lowest BCUT2D eigenvalue weighted by Crippen LogP contribution is -2.26. The van der Waals surface area contributed by atoms with Gasteiger partial charge in [-0.05, 0) is 24.1 Å². The van der Waals surface area contributed by atoms with Gasteiger partial charge < -0.3 is 5.73 Å². The first kappa shape index (κ1) is 10.5. The van der Waals surface area contributed by atoms with Crippen LogP contribution in [0.3, 0.4) is 0 Å². The van der Waals surface area contributed by atoms with E-state index in [1.807, 2.05) is 0 Å². The standard InChI is InChI=1S/C11H14F2N2/c12-10-2-1-8(5-11(10)13)6-15-4-3-9(14)7-15/h1-2,5,9H,3-4,6-7,14H2/t9-/m1/s1. The third-order valence-electron chi connectivity index (χ3n) is 2.70. The highest BCUT2D eigenvalue weighted by atomic mass is 19.2. The van der Waals surface area contributed by atoms with E-state index in [9.17, 15) is 8.78 Å². The normalized spacial score (nSPS) is 22.2. The van der Waals surface area contributed by atoms with Gasteiger partial charge >= 0.3 is 0 Å². The molecular weight excluding hydrogens is 198 g/mol. The Labute approximate surface area is 87.7 Å². The number of hydrogen-bond donors (Lipinski definition) is 1. The molecule has 1 aromatic carbocycles. The van der Waals surface area contributed by atoms with Crippen LogP contribution in [0.2, 0.25) is 0 Å². The van der Waals surface area contributed by atoms with Crippen LogP contribution in [0.25, 0.3) is 0 Å². The van der Waals surface area contributed by atoms with Crippen molar-refractivity contribution in [3.63, 3.8) is 0 Å². The molecule has 1 saturated heterocycles. The third kappa shape index (κ3) is 2.52. The van der Waals surface area contributed by atoms with Crippen LogP contribution in [-0.2, 0) is 6.54 Å². The summed E-state index contributed by atoms with van der Waals surface area (Å²) in [5, 5.41) is 0. The summed E-state index contributed by atoms with van der Waals surface area (Å²) in [6.07, 6.45) is 0.976. The maximum Gasteiger partial charge on any atom is 0.159 e. The summed E-state index contributed by atoms with van der Waals surface area (Å²) in [5.74, 6) is -1.58. The van der Waals surface area contributed by atoms with Gasteiger partial charge in [0.2, 0.25) is 0 Å². The molecule has 4 heteroatoms. The lowest BCUT2D eigenvalue weighted by Gasteiger charge is -2.14. The van der Waals surface area contributed by atoms with Crippen LogP contribution in [0.4, 0.5) is 8.78 Å². The lowest BCUT2D eigenvalue weighted by atomic mass is 10.2. The first-order valence-electron chi connectivity index (χ1n) is 5.07. The minimum Gasteiger partial charge on any atom is -0.326 e. The van der Waals surface area contributed by atoms with Crippen LogP contribution in [-0.4, -0.2) is 24.0 Å². The molecular formula is C11H14F2N2. The van der Waals surface area contributed by atoms with Crippen molar-refractivity contribution in [2.45, 2.75) is 19.0 Å². The maximum atomic E-state index is 12.9. The fourth-order valence-electron chi connectivity index (χ4n) is 1.90. The zero-order valence-corrected chi connectivity index (χ0v) is 8.42. The van der Waals surface area contributed by atoms with Crippen molar-refractivity contribution in [3.8, 4) is 0 Å². The van der Waals surface area contributed by atoms with Crippen LogP contribution >= 0.6 is 0 Å². The van der Waals surface area contributed by atoms with Gasteiger partial charge in [0.15, 0.2) is 11.6 Å². The average Bonchev–Trinajstić information content (AvgIpc) is 2.58. The Morgan fingerprint density at radius 2 is 2.13 bits per heavy atom. The molecule has 1 aromatic rings. The Kier molecular flexibility index (Phi) is 2.98. The van der Waals surface area contributed by atoms with Gasteiger partial charge in [-0.25, -0.2) is 8.78 Å². The summed E-state index contributed by atoms with van der Waals surface area (Å²) >= 11 is 0. The fraction of sp³-hybridized carbons (Fsp3) is 0.455. The van der Waals surface area contributed by atoms with E-state index < -0.39 is 11.6 Å². The number of benzene rings is 1. The lowest BCUT2D eigenvalue weighted by molar-refractivity contribution is 0.326. The van der Waals surface area contributed by atoms with Gasteiger partial charge in [-0.1, -0.05) is 6.07 Å². The van der Waals surface area contributed by atoms with E-state index in [1.54, 1.807) is 6.07 Å². The predicted octanol–water partition coefficient (Wildman–Crippen LogP) is 1.50. The summed E-state index contributed by atoms with van der Waals surface area (Å²) in [7, 11) is 0. The Morgan fingerprint density at radius 3 is 2.73 bits per heavy atom. The predicted molar refractivity (Wildman–Crippen MR) is 54.2 cm³/mol. The topological polar surface area (TPSA) is 29.3 Å². The Bertz CT molecular complexity index is 354. The molecule has 0 saturated carbocycles. The number of hydrogen-bond acceptors (Lipinski definition) is 2. The molecule has 2 N–H and O–H groups in total. The molecule has 0 radical (unpaired) electrons. The molecule has 2 rings (SSSR count). The van der Waals surface area contributed by atoms with Crippen molar-refractivity contribution < 1.29 is 8.78 Å². The fourth-order valence-corrected chi connectivity index (χ4v) is 1.90. The van der Waals surface area contributed by atoms with Crippen molar-refractivity contribution in [1.29, 1.82) is 0 Å². The summed E-state index contributed by atoms with van der Waals surface area (Å²) in [5.41, 5.74) is 6.55. The smallest absolute Gasteiger partial charge is 0.159 e. The second-order valence-electron chi connectivity index (χ2n) is 4.03. The third-order valence-corrected chi connectivity index (χ3v) is 2.70. The van der Waals surface area contributed by atoms with Crippen LogP contribution in [0.15, 0.2) is 18.2 Å². The molecule has 0 bridgehead atoms. The number of nitrogens with two attached hydrogens (primary N) is 1. The highest BCUT2D eigenvalue weighted by molar-refractivity contribution is 5.17. The summed E-state index contributed by atoms with van der Waals surface area (Å²) < 4.78 is 25.6. The van der Waals surface area contributed by atoms with Crippen LogP contribution in [0.5, 0.6) is 0 Å². The molecule has 1 aliphatic rings. The van der Waals surface area contributed by atoms with Crippen molar-refractivity contribution in [2.24, 2.45) is 5.73 Å². The number of nitrogens with zero attached hydrogens (tertiary/aromatic N) is 1. The van der Waals surface area contributed by atoms with Crippen LogP contribution in [0.1, 0.15) is 12.0 Å². The Balaban J connectivity index is 2.02. The summed E-state index contributed by atoms with van der Waals surface area (Å²) in [4.78, 5) is 2.15. The molecule has 0 unspecified atom stereocenters. The van der Waals surface area contributed by atoms with Crippen molar-refractivity contribution in [2.75, 3.05) is 13.1 Å². The first-order chi connectivity index (χ1) is 7.15. The van der Waals surface area contributed by atoms with Gasteiger partial charge in [0.25, 0.3) is 0 Å². The second kappa shape index (κ2) is 4.24. The van der Waals surface area contributed by atoms with Gasteiger partial charge in [-0.15, -0.1) is 0 Å². The largest absolute Gasteiger partial charge is 0.326 e. The van der Waals surface area contributed by atoms with Crippen molar-refractivity contribution in [1.82, 2.24) is 4.90 Å². The average molecular weight is 212 g/mol. The maximum absolute atomic E-state index is 12.9. The number of halogens is 2. The van der Waals surface area contributed by atoms with E-state index in [0.29, 0.717) is 6.54 Å². The molecule has 1 aliphatic heterocycles. The highest BCUT2D eigenvalue weighted by Gasteiger charge is 2.19. The molecule has 0 aromatic heterocycles. The molecule has 15 heavy (non-hydrogen) atoms.